The lowest BCUT2D eigenvalue weighted by molar-refractivity contribution is -0.144. The smallest absolute Gasteiger partial charge is 0.323 e. The summed E-state index contributed by atoms with van der Waals surface area (Å²) in [6, 6.07) is 12.3. The van der Waals surface area contributed by atoms with Crippen molar-refractivity contribution < 1.29 is 19.0 Å². The highest BCUT2D eigenvalue weighted by Crippen LogP contribution is 2.39. The number of nitriles is 1. The van der Waals surface area contributed by atoms with Crippen LogP contribution < -0.4 is 15.2 Å². The number of nitrogens with two attached hydrogens (primary N) is 1. The molecule has 0 aliphatic carbocycles. The predicted octanol–water partition coefficient (Wildman–Crippen LogP) is 3.10. The van der Waals surface area contributed by atoms with Crippen molar-refractivity contribution in [3.63, 3.8) is 0 Å². The van der Waals surface area contributed by atoms with E-state index in [2.05, 4.69) is 6.07 Å². The van der Waals surface area contributed by atoms with Gasteiger partial charge in [0, 0.05) is 0 Å². The molecule has 27 heavy (non-hydrogen) atoms. The summed E-state index contributed by atoms with van der Waals surface area (Å²) in [5.41, 5.74) is 8.87. The summed E-state index contributed by atoms with van der Waals surface area (Å²) < 4.78 is 15.8. The fourth-order valence-corrected chi connectivity index (χ4v) is 2.66. The molecule has 0 spiro atoms. The van der Waals surface area contributed by atoms with Gasteiger partial charge in [0.25, 0.3) is 0 Å². The van der Waals surface area contributed by atoms with Crippen LogP contribution in [0.2, 0.25) is 0 Å². The zero-order valence-corrected chi connectivity index (χ0v) is 16.3. The molecular weight excluding hydrogens is 368 g/mol. The molecule has 0 saturated heterocycles. The Balaban J connectivity index is 0.00000364. The molecule has 144 valence electrons. The average Bonchev–Trinajstić information content (AvgIpc) is 2.67. The minimum atomic E-state index is -0.695. The molecule has 0 aromatic heterocycles. The molecule has 0 amide bonds. The fourth-order valence-electron chi connectivity index (χ4n) is 2.66. The Hall–Kier alpha value is -2.75. The van der Waals surface area contributed by atoms with Gasteiger partial charge in [0.05, 0.1) is 38.0 Å². The van der Waals surface area contributed by atoms with Crippen LogP contribution in [-0.4, -0.2) is 32.8 Å². The fraction of sp³-hybridized carbons (Fsp3) is 0.300. The number of carbonyl (C=O) groups is 1. The zero-order chi connectivity index (χ0) is 19.1. The Bertz CT molecular complexity index is 791. The van der Waals surface area contributed by atoms with Gasteiger partial charge in [0.15, 0.2) is 0 Å². The van der Waals surface area contributed by atoms with Gasteiger partial charge in [-0.15, -0.1) is 12.4 Å². The number of ether oxygens (including phenoxy) is 3. The summed E-state index contributed by atoms with van der Waals surface area (Å²) in [5.74, 6) is 0.695. The van der Waals surface area contributed by atoms with Gasteiger partial charge < -0.3 is 19.9 Å². The summed E-state index contributed by atoms with van der Waals surface area (Å²) in [5, 5.41) is 9.13. The van der Waals surface area contributed by atoms with E-state index >= 15 is 0 Å². The number of methoxy groups -OCH3 is 2. The third-order valence-electron chi connectivity index (χ3n) is 3.92. The van der Waals surface area contributed by atoms with Crippen LogP contribution in [0.4, 0.5) is 0 Å². The Morgan fingerprint density at radius 1 is 1.15 bits per heavy atom. The molecule has 0 aliphatic rings. The van der Waals surface area contributed by atoms with Crippen LogP contribution in [0.15, 0.2) is 36.4 Å². The van der Waals surface area contributed by atoms with E-state index in [1.165, 1.54) is 0 Å². The van der Waals surface area contributed by atoms with Crippen molar-refractivity contribution in [2.75, 3.05) is 20.8 Å². The highest BCUT2D eigenvalue weighted by molar-refractivity contribution is 5.85. The highest BCUT2D eigenvalue weighted by Gasteiger charge is 2.17. The number of hydrogen-bond donors (Lipinski definition) is 1. The first-order valence-electron chi connectivity index (χ1n) is 8.21. The summed E-state index contributed by atoms with van der Waals surface area (Å²) >= 11 is 0. The van der Waals surface area contributed by atoms with Crippen molar-refractivity contribution in [1.29, 1.82) is 5.26 Å². The number of benzene rings is 2. The standard InChI is InChI=1S/C20H22N2O4.ClH/c1-4-26-20(23)16(22)9-13-5-7-15(8-6-13)19-17(24-2)10-14(12-21)11-18(19)25-3;/h5-8,10-11,16H,4,9,22H2,1-3H3;1H. The van der Waals surface area contributed by atoms with Crippen molar-refractivity contribution in [2.45, 2.75) is 19.4 Å². The van der Waals surface area contributed by atoms with Gasteiger partial charge in [0.2, 0.25) is 0 Å². The first kappa shape index (κ1) is 22.3. The maximum atomic E-state index is 11.7. The third-order valence-corrected chi connectivity index (χ3v) is 3.92. The van der Waals surface area contributed by atoms with Gasteiger partial charge in [-0.05, 0) is 36.6 Å². The van der Waals surface area contributed by atoms with E-state index in [0.29, 0.717) is 30.1 Å². The largest absolute Gasteiger partial charge is 0.496 e. The van der Waals surface area contributed by atoms with E-state index in [1.807, 2.05) is 24.3 Å². The molecular formula is C20H23ClN2O4. The predicted molar refractivity (Wildman–Crippen MR) is 105 cm³/mol. The van der Waals surface area contributed by atoms with E-state index in [1.54, 1.807) is 33.3 Å². The maximum Gasteiger partial charge on any atom is 0.323 e. The summed E-state index contributed by atoms with van der Waals surface area (Å²) in [6.45, 7) is 2.06. The first-order chi connectivity index (χ1) is 12.5. The van der Waals surface area contributed by atoms with Gasteiger partial charge in [-0.25, -0.2) is 0 Å². The second-order valence-corrected chi connectivity index (χ2v) is 5.63. The second kappa shape index (κ2) is 10.4. The Morgan fingerprint density at radius 2 is 1.70 bits per heavy atom. The molecule has 2 rings (SSSR count). The summed E-state index contributed by atoms with van der Waals surface area (Å²) in [6.07, 6.45) is 0.390. The van der Waals surface area contributed by atoms with Gasteiger partial charge in [-0.2, -0.15) is 5.26 Å². The lowest BCUT2D eigenvalue weighted by atomic mass is 9.98. The monoisotopic (exact) mass is 390 g/mol. The Labute approximate surface area is 165 Å². The molecule has 7 heteroatoms. The van der Waals surface area contributed by atoms with Crippen LogP contribution in [0.25, 0.3) is 11.1 Å². The number of nitrogens with zero attached hydrogens (tertiary/aromatic N) is 1. The molecule has 6 nitrogen and oxygen atoms in total. The highest BCUT2D eigenvalue weighted by atomic mass is 35.5. The number of esters is 1. The molecule has 2 N–H and O–H groups in total. The molecule has 1 unspecified atom stereocenters. The van der Waals surface area contributed by atoms with Crippen LogP contribution in [0.5, 0.6) is 11.5 Å². The van der Waals surface area contributed by atoms with E-state index in [9.17, 15) is 4.79 Å². The van der Waals surface area contributed by atoms with Crippen molar-refractivity contribution >= 4 is 18.4 Å². The maximum absolute atomic E-state index is 11.7. The quantitative estimate of drug-likeness (QED) is 0.730. The van der Waals surface area contributed by atoms with Gasteiger partial charge in [-0.1, -0.05) is 24.3 Å². The van der Waals surface area contributed by atoms with Gasteiger partial charge >= 0.3 is 5.97 Å². The number of halogens is 1. The van der Waals surface area contributed by atoms with Crippen LogP contribution in [0.1, 0.15) is 18.1 Å². The van der Waals surface area contributed by atoms with Crippen LogP contribution >= 0.6 is 12.4 Å². The number of hydrogen-bond acceptors (Lipinski definition) is 6. The van der Waals surface area contributed by atoms with Crippen LogP contribution in [0, 0.1) is 11.3 Å². The van der Waals surface area contributed by atoms with Crippen molar-refractivity contribution in [3.8, 4) is 28.7 Å². The molecule has 0 bridgehead atoms. The number of carbonyl (C=O) groups excluding carboxylic acids is 1. The van der Waals surface area contributed by atoms with Crippen LogP contribution in [0.3, 0.4) is 0 Å². The van der Waals surface area contributed by atoms with Crippen LogP contribution in [-0.2, 0) is 16.0 Å². The van der Waals surface area contributed by atoms with Crippen molar-refractivity contribution in [1.82, 2.24) is 0 Å². The molecule has 0 radical (unpaired) electrons. The van der Waals surface area contributed by atoms with E-state index < -0.39 is 12.0 Å². The Morgan fingerprint density at radius 3 is 2.15 bits per heavy atom. The third kappa shape index (κ3) is 5.36. The molecule has 0 heterocycles. The molecule has 0 saturated carbocycles. The Kier molecular flexibility index (Phi) is 8.60. The first-order valence-corrected chi connectivity index (χ1v) is 8.21. The molecule has 2 aromatic rings. The average molecular weight is 391 g/mol. The molecule has 0 aliphatic heterocycles. The number of rotatable bonds is 7. The summed E-state index contributed by atoms with van der Waals surface area (Å²) in [4.78, 5) is 11.7. The minimum absolute atomic E-state index is 0. The summed E-state index contributed by atoms with van der Waals surface area (Å²) in [7, 11) is 3.10. The van der Waals surface area contributed by atoms with E-state index in [4.69, 9.17) is 25.2 Å². The topological polar surface area (TPSA) is 94.6 Å². The van der Waals surface area contributed by atoms with E-state index in [0.717, 1.165) is 16.7 Å². The zero-order valence-electron chi connectivity index (χ0n) is 15.5. The van der Waals surface area contributed by atoms with Crippen molar-refractivity contribution in [3.05, 3.63) is 47.5 Å². The van der Waals surface area contributed by atoms with E-state index in [-0.39, 0.29) is 12.4 Å². The minimum Gasteiger partial charge on any atom is -0.496 e. The van der Waals surface area contributed by atoms with Crippen molar-refractivity contribution in [2.24, 2.45) is 5.73 Å². The molecule has 2 aromatic carbocycles. The second-order valence-electron chi connectivity index (χ2n) is 5.63. The lowest BCUT2D eigenvalue weighted by Gasteiger charge is -2.15. The van der Waals surface area contributed by atoms with Gasteiger partial charge in [-0.3, -0.25) is 4.79 Å². The lowest BCUT2D eigenvalue weighted by Crippen LogP contribution is -2.34. The normalized spacial score (nSPS) is 10.9. The molecule has 1 atom stereocenters. The SMILES string of the molecule is CCOC(=O)C(N)Cc1ccc(-c2c(OC)cc(C#N)cc2OC)cc1.Cl. The molecule has 0 fully saturated rings. The van der Waals surface area contributed by atoms with Gasteiger partial charge in [0.1, 0.15) is 17.5 Å².